The van der Waals surface area contributed by atoms with Gasteiger partial charge in [-0.1, -0.05) is 31.9 Å². The molecule has 1 aliphatic rings. The highest BCUT2D eigenvalue weighted by Crippen LogP contribution is 2.39. The van der Waals surface area contributed by atoms with Gasteiger partial charge in [0.05, 0.1) is 17.2 Å². The summed E-state index contributed by atoms with van der Waals surface area (Å²) in [5.74, 6) is -0.00762. The molecule has 1 nitrogen and oxygen atoms in total. The molecule has 1 saturated carbocycles. The molecule has 25 heavy (non-hydrogen) atoms. The first kappa shape index (κ1) is 17.6. The van der Waals surface area contributed by atoms with Gasteiger partial charge < -0.3 is 0 Å². The van der Waals surface area contributed by atoms with Crippen molar-refractivity contribution in [2.75, 3.05) is 0 Å². The summed E-state index contributed by atoms with van der Waals surface area (Å²) in [6.45, 7) is 2.21. The Hall–Kier alpha value is -2.21. The van der Waals surface area contributed by atoms with Gasteiger partial charge in [0.25, 0.3) is 0 Å². The molecule has 3 heteroatoms. The van der Waals surface area contributed by atoms with Crippen molar-refractivity contribution in [3.8, 4) is 17.2 Å². The summed E-state index contributed by atoms with van der Waals surface area (Å²) in [4.78, 5) is 0. The van der Waals surface area contributed by atoms with Crippen LogP contribution in [0.4, 0.5) is 8.78 Å². The normalized spacial score (nSPS) is 20.2. The molecule has 2 aromatic rings. The largest absolute Gasteiger partial charge is 0.206 e. The SMILES string of the molecule is CCCC1CCC(c2cc(F)c(-c3ccc(C#N)cc3)c(F)c2)CC1. The molecule has 0 saturated heterocycles. The molecule has 0 atom stereocenters. The molecule has 0 heterocycles. The average Bonchev–Trinajstić information content (AvgIpc) is 2.62. The number of rotatable bonds is 4. The van der Waals surface area contributed by atoms with E-state index in [9.17, 15) is 8.78 Å². The molecule has 0 amide bonds. The van der Waals surface area contributed by atoms with Crippen molar-refractivity contribution in [2.45, 2.75) is 51.4 Å². The molecule has 0 bridgehead atoms. The number of hydrogen-bond acceptors (Lipinski definition) is 1. The van der Waals surface area contributed by atoms with E-state index >= 15 is 0 Å². The lowest BCUT2D eigenvalue weighted by molar-refractivity contribution is 0.307. The predicted molar refractivity (Wildman–Crippen MR) is 96.1 cm³/mol. The molecule has 130 valence electrons. The summed E-state index contributed by atoms with van der Waals surface area (Å²) in [5.41, 5.74) is 1.72. The van der Waals surface area contributed by atoms with Crippen LogP contribution in [-0.4, -0.2) is 0 Å². The fourth-order valence-corrected chi connectivity index (χ4v) is 4.01. The van der Waals surface area contributed by atoms with Gasteiger partial charge in [-0.2, -0.15) is 5.26 Å². The van der Waals surface area contributed by atoms with Crippen LogP contribution in [0.3, 0.4) is 0 Å². The third-order valence-electron chi connectivity index (χ3n) is 5.38. The lowest BCUT2D eigenvalue weighted by atomic mass is 9.77. The molecule has 0 N–H and O–H groups in total. The van der Waals surface area contributed by atoms with Gasteiger partial charge in [0.15, 0.2) is 0 Å². The Bertz CT molecular complexity index is 743. The van der Waals surface area contributed by atoms with Gasteiger partial charge in [0.2, 0.25) is 0 Å². The van der Waals surface area contributed by atoms with Crippen molar-refractivity contribution in [1.29, 1.82) is 5.26 Å². The number of halogens is 2. The second-order valence-electron chi connectivity index (χ2n) is 7.06. The maximum Gasteiger partial charge on any atom is 0.134 e. The predicted octanol–water partition coefficient (Wildman–Crippen LogP) is 6.58. The number of nitrogens with zero attached hydrogens (tertiary/aromatic N) is 1. The maximum absolute atomic E-state index is 14.6. The van der Waals surface area contributed by atoms with Crippen molar-refractivity contribution >= 4 is 0 Å². The lowest BCUT2D eigenvalue weighted by Crippen LogP contribution is -2.13. The Morgan fingerprint density at radius 2 is 1.60 bits per heavy atom. The Morgan fingerprint density at radius 1 is 1.00 bits per heavy atom. The molecule has 0 unspecified atom stereocenters. The Balaban J connectivity index is 1.82. The number of benzene rings is 2. The Kier molecular flexibility index (Phi) is 5.48. The van der Waals surface area contributed by atoms with Gasteiger partial charge in [0.1, 0.15) is 11.6 Å². The first-order chi connectivity index (χ1) is 12.1. The smallest absolute Gasteiger partial charge is 0.134 e. The molecular weight excluding hydrogens is 316 g/mol. The fraction of sp³-hybridized carbons (Fsp3) is 0.409. The summed E-state index contributed by atoms with van der Waals surface area (Å²) >= 11 is 0. The summed E-state index contributed by atoms with van der Waals surface area (Å²) in [7, 11) is 0. The van der Waals surface area contributed by atoms with Crippen molar-refractivity contribution in [2.24, 2.45) is 5.92 Å². The zero-order chi connectivity index (χ0) is 17.8. The second kappa shape index (κ2) is 7.78. The van der Waals surface area contributed by atoms with E-state index in [4.69, 9.17) is 5.26 Å². The molecule has 1 aliphatic carbocycles. The monoisotopic (exact) mass is 339 g/mol. The molecule has 0 radical (unpaired) electrons. The summed E-state index contributed by atoms with van der Waals surface area (Å²) in [6, 6.07) is 11.4. The van der Waals surface area contributed by atoms with Crippen LogP contribution in [0.2, 0.25) is 0 Å². The molecule has 0 aliphatic heterocycles. The van der Waals surface area contributed by atoms with Crippen LogP contribution in [0.5, 0.6) is 0 Å². The van der Waals surface area contributed by atoms with Crippen molar-refractivity contribution in [3.05, 3.63) is 59.2 Å². The lowest BCUT2D eigenvalue weighted by Gasteiger charge is -2.29. The standard InChI is InChI=1S/C22H23F2N/c1-2-3-15-4-8-17(9-5-15)19-12-20(23)22(21(24)13-19)18-10-6-16(14-25)7-11-18/h6-7,10-13,15,17H,2-5,8-9H2,1H3. The van der Waals surface area contributed by atoms with E-state index in [1.54, 1.807) is 24.3 Å². The molecule has 0 spiro atoms. The highest BCUT2D eigenvalue weighted by molar-refractivity contribution is 5.66. The maximum atomic E-state index is 14.6. The van der Waals surface area contributed by atoms with Crippen LogP contribution in [0.1, 0.15) is 62.5 Å². The fourth-order valence-electron chi connectivity index (χ4n) is 4.01. The van der Waals surface area contributed by atoms with E-state index in [0.29, 0.717) is 11.1 Å². The Morgan fingerprint density at radius 3 is 2.12 bits per heavy atom. The summed E-state index contributed by atoms with van der Waals surface area (Å²) in [5, 5.41) is 8.84. The molecule has 1 fully saturated rings. The molecular formula is C22H23F2N. The van der Waals surface area contributed by atoms with Gasteiger partial charge >= 0.3 is 0 Å². The first-order valence-corrected chi connectivity index (χ1v) is 9.11. The molecule has 3 rings (SSSR count). The van der Waals surface area contributed by atoms with Crippen LogP contribution >= 0.6 is 0 Å². The van der Waals surface area contributed by atoms with E-state index in [-0.39, 0.29) is 11.5 Å². The zero-order valence-electron chi connectivity index (χ0n) is 14.6. The third-order valence-corrected chi connectivity index (χ3v) is 5.38. The van der Waals surface area contributed by atoms with Gasteiger partial charge in [0, 0.05) is 0 Å². The van der Waals surface area contributed by atoms with Gasteiger partial charge in [-0.25, -0.2) is 8.78 Å². The minimum absolute atomic E-state index is 0.00657. The first-order valence-electron chi connectivity index (χ1n) is 9.11. The van der Waals surface area contributed by atoms with E-state index in [2.05, 4.69) is 6.92 Å². The van der Waals surface area contributed by atoms with Crippen LogP contribution in [0.15, 0.2) is 36.4 Å². The summed E-state index contributed by atoms with van der Waals surface area (Å²) in [6.07, 6.45) is 6.79. The zero-order valence-corrected chi connectivity index (χ0v) is 14.6. The van der Waals surface area contributed by atoms with Gasteiger partial charge in [-0.3, -0.25) is 0 Å². The van der Waals surface area contributed by atoms with E-state index < -0.39 is 11.6 Å². The summed E-state index contributed by atoms with van der Waals surface area (Å²) < 4.78 is 29.3. The quantitative estimate of drug-likeness (QED) is 0.617. The number of hydrogen-bond donors (Lipinski definition) is 0. The minimum atomic E-state index is -0.518. The van der Waals surface area contributed by atoms with Crippen LogP contribution in [-0.2, 0) is 0 Å². The van der Waals surface area contributed by atoms with E-state index in [1.807, 2.05) is 6.07 Å². The third kappa shape index (κ3) is 3.90. The topological polar surface area (TPSA) is 23.8 Å². The molecule has 0 aromatic heterocycles. The number of nitriles is 1. The van der Waals surface area contributed by atoms with Crippen LogP contribution < -0.4 is 0 Å². The minimum Gasteiger partial charge on any atom is -0.206 e. The van der Waals surface area contributed by atoms with E-state index in [0.717, 1.165) is 37.2 Å². The molecule has 2 aromatic carbocycles. The van der Waals surface area contributed by atoms with Crippen molar-refractivity contribution < 1.29 is 8.78 Å². The Labute approximate surface area is 148 Å². The van der Waals surface area contributed by atoms with Gasteiger partial charge in [-0.05, 0) is 72.9 Å². The highest BCUT2D eigenvalue weighted by atomic mass is 19.1. The van der Waals surface area contributed by atoms with Crippen molar-refractivity contribution in [3.63, 3.8) is 0 Å². The highest BCUT2D eigenvalue weighted by Gasteiger charge is 2.24. The second-order valence-corrected chi connectivity index (χ2v) is 7.06. The van der Waals surface area contributed by atoms with Crippen LogP contribution in [0.25, 0.3) is 11.1 Å². The van der Waals surface area contributed by atoms with Crippen LogP contribution in [0, 0.1) is 28.9 Å². The van der Waals surface area contributed by atoms with Gasteiger partial charge in [-0.15, -0.1) is 0 Å². The van der Waals surface area contributed by atoms with Crippen molar-refractivity contribution in [1.82, 2.24) is 0 Å². The average molecular weight is 339 g/mol. The van der Waals surface area contributed by atoms with E-state index in [1.165, 1.54) is 25.0 Å².